The predicted molar refractivity (Wildman–Crippen MR) is 48.7 cm³/mol. The molecule has 0 aliphatic carbocycles. The van der Waals surface area contributed by atoms with Gasteiger partial charge in [-0.15, -0.1) is 0 Å². The number of hydrogen-bond donors (Lipinski definition) is 0. The molecule has 2 aromatic heterocycles. The van der Waals surface area contributed by atoms with Gasteiger partial charge >= 0.3 is 0 Å². The highest BCUT2D eigenvalue weighted by Crippen LogP contribution is 2.05. The van der Waals surface area contributed by atoms with E-state index in [1.54, 1.807) is 24.0 Å². The molecular formula is C9H8N4O. The number of carbonyl (C=O) groups excluding carboxylic acids is 1. The SMILES string of the molecule is Cn1cc(C(=O)c2ccnnc2)cn1. The van der Waals surface area contributed by atoms with Gasteiger partial charge in [0.05, 0.1) is 24.2 Å². The Hall–Kier alpha value is -2.04. The van der Waals surface area contributed by atoms with Crippen LogP contribution in [0.3, 0.4) is 0 Å². The zero-order valence-corrected chi connectivity index (χ0v) is 7.58. The van der Waals surface area contributed by atoms with Gasteiger partial charge in [0.2, 0.25) is 0 Å². The molecule has 0 aromatic carbocycles. The number of aromatic nitrogens is 4. The van der Waals surface area contributed by atoms with Gasteiger partial charge < -0.3 is 0 Å². The summed E-state index contributed by atoms with van der Waals surface area (Å²) in [6.45, 7) is 0. The summed E-state index contributed by atoms with van der Waals surface area (Å²) in [7, 11) is 1.77. The molecule has 2 heterocycles. The van der Waals surface area contributed by atoms with Crippen molar-refractivity contribution in [1.82, 2.24) is 20.0 Å². The van der Waals surface area contributed by atoms with Crippen molar-refractivity contribution in [2.45, 2.75) is 0 Å². The third kappa shape index (κ3) is 1.52. The molecule has 0 N–H and O–H groups in total. The first-order chi connectivity index (χ1) is 6.77. The predicted octanol–water partition coefficient (Wildman–Crippen LogP) is 0.441. The third-order valence-electron chi connectivity index (χ3n) is 1.81. The molecule has 0 radical (unpaired) electrons. The highest BCUT2D eigenvalue weighted by Gasteiger charge is 2.10. The van der Waals surface area contributed by atoms with Gasteiger partial charge in [0, 0.05) is 18.8 Å². The number of rotatable bonds is 2. The molecule has 0 spiro atoms. The average molecular weight is 188 g/mol. The molecule has 0 bridgehead atoms. The summed E-state index contributed by atoms with van der Waals surface area (Å²) < 4.78 is 1.59. The van der Waals surface area contributed by atoms with E-state index in [1.165, 1.54) is 18.6 Å². The summed E-state index contributed by atoms with van der Waals surface area (Å²) in [5, 5.41) is 11.2. The fourth-order valence-corrected chi connectivity index (χ4v) is 1.13. The Kier molecular flexibility index (Phi) is 2.06. The van der Waals surface area contributed by atoms with Crippen LogP contribution in [0.4, 0.5) is 0 Å². The molecule has 14 heavy (non-hydrogen) atoms. The second kappa shape index (κ2) is 3.37. The Morgan fingerprint density at radius 2 is 2.14 bits per heavy atom. The van der Waals surface area contributed by atoms with Gasteiger partial charge in [-0.05, 0) is 6.07 Å². The van der Waals surface area contributed by atoms with E-state index < -0.39 is 0 Å². The number of ketones is 1. The zero-order chi connectivity index (χ0) is 9.97. The van der Waals surface area contributed by atoms with Crippen LogP contribution in [0.25, 0.3) is 0 Å². The van der Waals surface area contributed by atoms with Gasteiger partial charge in [-0.25, -0.2) is 0 Å². The van der Waals surface area contributed by atoms with Gasteiger partial charge in [0.1, 0.15) is 0 Å². The summed E-state index contributed by atoms with van der Waals surface area (Å²) in [6, 6.07) is 1.63. The maximum absolute atomic E-state index is 11.7. The molecule has 0 fully saturated rings. The number of hydrogen-bond acceptors (Lipinski definition) is 4. The second-order valence-electron chi connectivity index (χ2n) is 2.86. The van der Waals surface area contributed by atoms with Crippen LogP contribution in [0.15, 0.2) is 30.9 Å². The summed E-state index contributed by atoms with van der Waals surface area (Å²) in [4.78, 5) is 11.7. The lowest BCUT2D eigenvalue weighted by atomic mass is 10.1. The third-order valence-corrected chi connectivity index (χ3v) is 1.81. The van der Waals surface area contributed by atoms with Gasteiger partial charge in [0.15, 0.2) is 5.78 Å². The molecule has 0 atom stereocenters. The second-order valence-corrected chi connectivity index (χ2v) is 2.86. The summed E-state index contributed by atoms with van der Waals surface area (Å²) in [5.41, 5.74) is 1.08. The van der Waals surface area contributed by atoms with Crippen molar-refractivity contribution in [3.63, 3.8) is 0 Å². The van der Waals surface area contributed by atoms with Crippen LogP contribution in [-0.4, -0.2) is 25.8 Å². The lowest BCUT2D eigenvalue weighted by Crippen LogP contribution is -2.00. The van der Waals surface area contributed by atoms with Crippen molar-refractivity contribution in [2.75, 3.05) is 0 Å². The first-order valence-corrected chi connectivity index (χ1v) is 4.07. The maximum atomic E-state index is 11.7. The summed E-state index contributed by atoms with van der Waals surface area (Å²) in [5.74, 6) is -0.0898. The van der Waals surface area contributed by atoms with E-state index in [1.807, 2.05) is 0 Å². The molecule has 5 nitrogen and oxygen atoms in total. The lowest BCUT2D eigenvalue weighted by Gasteiger charge is -1.94. The molecule has 0 saturated carbocycles. The van der Waals surface area contributed by atoms with Crippen LogP contribution in [0, 0.1) is 0 Å². The molecule has 5 heteroatoms. The van der Waals surface area contributed by atoms with Crippen molar-refractivity contribution in [1.29, 1.82) is 0 Å². The molecular weight excluding hydrogens is 180 g/mol. The molecule has 70 valence electrons. The quantitative estimate of drug-likeness (QED) is 0.641. The van der Waals surface area contributed by atoms with Gasteiger partial charge in [-0.2, -0.15) is 15.3 Å². The maximum Gasteiger partial charge on any atom is 0.197 e. The first-order valence-electron chi connectivity index (χ1n) is 4.07. The largest absolute Gasteiger partial charge is 0.288 e. The standard InChI is InChI=1S/C9H8N4O/c1-13-6-8(5-12-13)9(14)7-2-3-10-11-4-7/h2-6H,1H3. The smallest absolute Gasteiger partial charge is 0.197 e. The molecule has 0 aliphatic rings. The van der Waals surface area contributed by atoms with Crippen molar-refractivity contribution in [3.05, 3.63) is 42.0 Å². The van der Waals surface area contributed by atoms with Gasteiger partial charge in [-0.1, -0.05) is 0 Å². The minimum absolute atomic E-state index is 0.0898. The van der Waals surface area contributed by atoms with Crippen LogP contribution in [0.5, 0.6) is 0 Å². The van der Waals surface area contributed by atoms with Crippen LogP contribution >= 0.6 is 0 Å². The highest BCUT2D eigenvalue weighted by molar-refractivity contribution is 6.08. The van der Waals surface area contributed by atoms with Crippen molar-refractivity contribution >= 4 is 5.78 Å². The normalized spacial score (nSPS) is 10.1. The summed E-state index contributed by atoms with van der Waals surface area (Å²) in [6.07, 6.45) is 6.13. The number of aryl methyl sites for hydroxylation is 1. The lowest BCUT2D eigenvalue weighted by molar-refractivity contribution is 0.103. The van der Waals surface area contributed by atoms with Gasteiger partial charge in [0.25, 0.3) is 0 Å². The molecule has 0 unspecified atom stereocenters. The van der Waals surface area contributed by atoms with Gasteiger partial charge in [-0.3, -0.25) is 9.48 Å². The van der Waals surface area contributed by atoms with E-state index in [2.05, 4.69) is 15.3 Å². The molecule has 0 saturated heterocycles. The van der Waals surface area contributed by atoms with Crippen LogP contribution in [0.2, 0.25) is 0 Å². The Morgan fingerprint density at radius 3 is 2.71 bits per heavy atom. The average Bonchev–Trinajstić information content (AvgIpc) is 2.65. The van der Waals surface area contributed by atoms with Crippen LogP contribution in [-0.2, 0) is 7.05 Å². The van der Waals surface area contributed by atoms with Crippen molar-refractivity contribution in [3.8, 4) is 0 Å². The minimum atomic E-state index is -0.0898. The Balaban J connectivity index is 2.34. The zero-order valence-electron chi connectivity index (χ0n) is 7.58. The first kappa shape index (κ1) is 8.55. The van der Waals surface area contributed by atoms with E-state index in [-0.39, 0.29) is 5.78 Å². The Bertz CT molecular complexity index is 449. The Labute approximate surface area is 80.4 Å². The monoisotopic (exact) mass is 188 g/mol. The van der Waals surface area contributed by atoms with Crippen LogP contribution < -0.4 is 0 Å². The van der Waals surface area contributed by atoms with Crippen molar-refractivity contribution < 1.29 is 4.79 Å². The minimum Gasteiger partial charge on any atom is -0.288 e. The molecule has 2 aromatic rings. The molecule has 2 rings (SSSR count). The molecule has 0 aliphatic heterocycles. The molecule has 0 amide bonds. The highest BCUT2D eigenvalue weighted by atomic mass is 16.1. The number of nitrogens with zero attached hydrogens (tertiary/aromatic N) is 4. The number of carbonyl (C=O) groups is 1. The van der Waals surface area contributed by atoms with Crippen molar-refractivity contribution in [2.24, 2.45) is 7.05 Å². The fraction of sp³-hybridized carbons (Fsp3) is 0.111. The van der Waals surface area contributed by atoms with E-state index in [0.717, 1.165) is 0 Å². The fourth-order valence-electron chi connectivity index (χ4n) is 1.13. The van der Waals surface area contributed by atoms with E-state index in [9.17, 15) is 4.79 Å². The van der Waals surface area contributed by atoms with E-state index in [4.69, 9.17) is 0 Å². The van der Waals surface area contributed by atoms with E-state index in [0.29, 0.717) is 11.1 Å². The Morgan fingerprint density at radius 1 is 1.29 bits per heavy atom. The van der Waals surface area contributed by atoms with Crippen LogP contribution in [0.1, 0.15) is 15.9 Å². The van der Waals surface area contributed by atoms with E-state index >= 15 is 0 Å². The topological polar surface area (TPSA) is 60.7 Å². The summed E-state index contributed by atoms with van der Waals surface area (Å²) >= 11 is 0.